The zero-order valence-electron chi connectivity index (χ0n) is 23.2. The van der Waals surface area contributed by atoms with Crippen LogP contribution in [0.3, 0.4) is 0 Å². The Morgan fingerprint density at radius 2 is 1.69 bits per heavy atom. The number of nitrogens with zero attached hydrogens (tertiary/aromatic N) is 5. The van der Waals surface area contributed by atoms with Crippen LogP contribution in [0.25, 0.3) is 11.1 Å². The molecule has 2 aliphatic rings. The molecular formula is C32H30N6O3S. The highest BCUT2D eigenvalue weighted by molar-refractivity contribution is 8.00. The molecule has 3 aromatic rings. The Labute approximate surface area is 248 Å². The maximum atomic E-state index is 13.9. The zero-order valence-corrected chi connectivity index (χ0v) is 24.1. The SMILES string of the molecule is Cc1ccc(-c2c(C#N)c(N)nc(SCC(=O)N(C3CCCCC3)C3CC(=O)N(c4ccccc4)C3=O)c2C#N)cc1. The summed E-state index contributed by atoms with van der Waals surface area (Å²) in [6.07, 6.45) is 4.36. The summed E-state index contributed by atoms with van der Waals surface area (Å²) >= 11 is 1.05. The number of benzene rings is 2. The lowest BCUT2D eigenvalue weighted by atomic mass is 9.92. The molecule has 1 aliphatic heterocycles. The molecule has 212 valence electrons. The third-order valence-electron chi connectivity index (χ3n) is 7.82. The topological polar surface area (TPSA) is 144 Å². The lowest BCUT2D eigenvalue weighted by molar-refractivity contribution is -0.139. The van der Waals surface area contributed by atoms with Gasteiger partial charge in [-0.3, -0.25) is 14.4 Å². The molecule has 1 saturated heterocycles. The van der Waals surface area contributed by atoms with Gasteiger partial charge in [-0.2, -0.15) is 10.5 Å². The van der Waals surface area contributed by atoms with Gasteiger partial charge < -0.3 is 10.6 Å². The van der Waals surface area contributed by atoms with Crippen LogP contribution in [-0.2, 0) is 14.4 Å². The van der Waals surface area contributed by atoms with Crippen LogP contribution in [0.5, 0.6) is 0 Å². The molecule has 42 heavy (non-hydrogen) atoms. The second kappa shape index (κ2) is 12.5. The summed E-state index contributed by atoms with van der Waals surface area (Å²) in [7, 11) is 0. The van der Waals surface area contributed by atoms with Crippen molar-refractivity contribution < 1.29 is 14.4 Å². The molecule has 1 atom stereocenters. The quantitative estimate of drug-likeness (QED) is 0.306. The van der Waals surface area contributed by atoms with E-state index in [4.69, 9.17) is 5.73 Å². The average Bonchev–Trinajstić information content (AvgIpc) is 3.29. The average molecular weight is 579 g/mol. The van der Waals surface area contributed by atoms with Crippen molar-refractivity contribution in [3.8, 4) is 23.3 Å². The number of hydrogen-bond donors (Lipinski definition) is 1. The van der Waals surface area contributed by atoms with Crippen molar-refractivity contribution >= 4 is 41.0 Å². The fraction of sp³-hybridized carbons (Fsp3) is 0.312. The minimum atomic E-state index is -0.897. The highest BCUT2D eigenvalue weighted by Crippen LogP contribution is 2.37. The molecule has 9 nitrogen and oxygen atoms in total. The number of rotatable bonds is 7. The Bertz CT molecular complexity index is 1600. The molecule has 2 heterocycles. The van der Waals surface area contributed by atoms with Gasteiger partial charge in [-0.15, -0.1) is 0 Å². The van der Waals surface area contributed by atoms with Crippen LogP contribution >= 0.6 is 11.8 Å². The van der Waals surface area contributed by atoms with Gasteiger partial charge in [0.05, 0.1) is 23.4 Å². The molecule has 0 radical (unpaired) electrons. The van der Waals surface area contributed by atoms with E-state index in [1.807, 2.05) is 37.3 Å². The van der Waals surface area contributed by atoms with Gasteiger partial charge in [-0.25, -0.2) is 9.88 Å². The largest absolute Gasteiger partial charge is 0.383 e. The molecule has 1 unspecified atom stereocenters. The van der Waals surface area contributed by atoms with Crippen molar-refractivity contribution in [3.05, 3.63) is 71.3 Å². The van der Waals surface area contributed by atoms with Crippen LogP contribution in [-0.4, -0.2) is 45.4 Å². The highest BCUT2D eigenvalue weighted by atomic mass is 32.2. The lowest BCUT2D eigenvalue weighted by Gasteiger charge is -2.37. The van der Waals surface area contributed by atoms with Gasteiger partial charge in [0.15, 0.2) is 0 Å². The number of nitrogen functional groups attached to an aromatic ring is 1. The maximum absolute atomic E-state index is 13.9. The van der Waals surface area contributed by atoms with E-state index in [0.29, 0.717) is 16.8 Å². The summed E-state index contributed by atoms with van der Waals surface area (Å²) < 4.78 is 0. The first-order valence-corrected chi connectivity index (χ1v) is 14.9. The summed E-state index contributed by atoms with van der Waals surface area (Å²) in [4.78, 5) is 47.7. The number of para-hydroxylation sites is 1. The van der Waals surface area contributed by atoms with Gasteiger partial charge in [-0.05, 0) is 37.5 Å². The van der Waals surface area contributed by atoms with Gasteiger partial charge in [-0.1, -0.05) is 79.1 Å². The first-order chi connectivity index (χ1) is 20.3. The Balaban J connectivity index is 1.45. The second-order valence-electron chi connectivity index (χ2n) is 10.5. The van der Waals surface area contributed by atoms with E-state index in [-0.39, 0.29) is 52.0 Å². The molecule has 2 fully saturated rings. The van der Waals surface area contributed by atoms with Crippen LogP contribution in [0.1, 0.15) is 55.2 Å². The van der Waals surface area contributed by atoms with E-state index in [0.717, 1.165) is 49.4 Å². The van der Waals surface area contributed by atoms with Crippen molar-refractivity contribution in [2.24, 2.45) is 0 Å². The van der Waals surface area contributed by atoms with Crippen LogP contribution in [0.15, 0.2) is 59.6 Å². The normalized spacial score (nSPS) is 17.1. The molecule has 1 saturated carbocycles. The molecule has 5 rings (SSSR count). The van der Waals surface area contributed by atoms with Gasteiger partial charge in [0.1, 0.15) is 34.6 Å². The Hall–Kier alpha value is -4.67. The van der Waals surface area contributed by atoms with E-state index in [2.05, 4.69) is 17.1 Å². The predicted octanol–water partition coefficient (Wildman–Crippen LogP) is 4.97. The zero-order chi connectivity index (χ0) is 29.8. The number of nitrogens with two attached hydrogens (primary N) is 1. The van der Waals surface area contributed by atoms with Gasteiger partial charge in [0.25, 0.3) is 5.91 Å². The molecule has 0 spiro atoms. The molecule has 1 aromatic heterocycles. The third-order valence-corrected chi connectivity index (χ3v) is 8.78. The minimum absolute atomic E-state index is 0.0266. The summed E-state index contributed by atoms with van der Waals surface area (Å²) in [6.45, 7) is 1.94. The number of imide groups is 1. The highest BCUT2D eigenvalue weighted by Gasteiger charge is 2.46. The van der Waals surface area contributed by atoms with E-state index < -0.39 is 11.9 Å². The number of anilines is 2. The van der Waals surface area contributed by atoms with Crippen LogP contribution in [0.4, 0.5) is 11.5 Å². The standard InChI is InChI=1S/C32H30N6O3S/c1-20-12-14-21(15-13-20)29-24(17-33)30(35)36-31(25(29)18-34)42-19-28(40)37(22-8-4-2-5-9-22)26-16-27(39)38(32(26)41)23-10-6-3-7-11-23/h3,6-7,10-15,22,26H,2,4-5,8-9,16,19H2,1H3,(H2,35,36). The number of aryl methyl sites for hydroxylation is 1. The molecule has 10 heteroatoms. The Morgan fingerprint density at radius 3 is 2.33 bits per heavy atom. The van der Waals surface area contributed by atoms with Crippen molar-refractivity contribution in [1.29, 1.82) is 10.5 Å². The van der Waals surface area contributed by atoms with Gasteiger partial charge >= 0.3 is 0 Å². The number of aromatic nitrogens is 1. The summed E-state index contributed by atoms with van der Waals surface area (Å²) in [5, 5.41) is 20.2. The number of nitriles is 2. The van der Waals surface area contributed by atoms with Crippen molar-refractivity contribution in [2.75, 3.05) is 16.4 Å². The molecule has 3 amide bonds. The lowest BCUT2D eigenvalue weighted by Crippen LogP contribution is -2.52. The first kappa shape index (κ1) is 28.8. The number of hydrogen-bond acceptors (Lipinski definition) is 8. The van der Waals surface area contributed by atoms with Gasteiger partial charge in [0, 0.05) is 11.6 Å². The van der Waals surface area contributed by atoms with Crippen LogP contribution < -0.4 is 10.6 Å². The van der Waals surface area contributed by atoms with Crippen LogP contribution in [0.2, 0.25) is 0 Å². The molecule has 0 bridgehead atoms. The van der Waals surface area contributed by atoms with Crippen molar-refractivity contribution in [3.63, 3.8) is 0 Å². The number of carbonyl (C=O) groups is 3. The second-order valence-corrected chi connectivity index (χ2v) is 11.5. The minimum Gasteiger partial charge on any atom is -0.383 e. The predicted molar refractivity (Wildman–Crippen MR) is 160 cm³/mol. The Kier molecular flexibility index (Phi) is 8.56. The number of amides is 3. The van der Waals surface area contributed by atoms with Crippen molar-refractivity contribution in [1.82, 2.24) is 9.88 Å². The molecule has 2 aromatic carbocycles. The first-order valence-electron chi connectivity index (χ1n) is 13.9. The maximum Gasteiger partial charge on any atom is 0.257 e. The number of carbonyl (C=O) groups excluding carboxylic acids is 3. The third kappa shape index (κ3) is 5.59. The fourth-order valence-corrected chi connectivity index (χ4v) is 6.65. The van der Waals surface area contributed by atoms with E-state index in [9.17, 15) is 24.9 Å². The molecule has 2 N–H and O–H groups in total. The Morgan fingerprint density at radius 1 is 1.02 bits per heavy atom. The van der Waals surface area contributed by atoms with Gasteiger partial charge in [0.2, 0.25) is 11.8 Å². The van der Waals surface area contributed by atoms with Crippen molar-refractivity contribution in [2.45, 2.75) is 62.6 Å². The fourth-order valence-electron chi connectivity index (χ4n) is 5.79. The molecular weight excluding hydrogens is 548 g/mol. The summed E-state index contributed by atoms with van der Waals surface area (Å²) in [5.41, 5.74) is 8.97. The monoisotopic (exact) mass is 578 g/mol. The van der Waals surface area contributed by atoms with Crippen LogP contribution in [0, 0.1) is 29.6 Å². The van der Waals surface area contributed by atoms with E-state index in [1.165, 1.54) is 4.90 Å². The molecule has 1 aliphatic carbocycles. The summed E-state index contributed by atoms with van der Waals surface area (Å²) in [5.74, 6) is -1.19. The number of pyridine rings is 1. The van der Waals surface area contributed by atoms with E-state index in [1.54, 1.807) is 29.2 Å². The summed E-state index contributed by atoms with van der Waals surface area (Å²) in [6, 6.07) is 19.3. The number of thioether (sulfide) groups is 1. The van der Waals surface area contributed by atoms with E-state index >= 15 is 0 Å². The smallest absolute Gasteiger partial charge is 0.257 e.